The van der Waals surface area contributed by atoms with E-state index in [0.717, 1.165) is 24.2 Å². The fraction of sp³-hybridized carbons (Fsp3) is 0.545. The average Bonchev–Trinajstić information content (AvgIpc) is 2.95. The van der Waals surface area contributed by atoms with Crippen molar-refractivity contribution in [3.05, 3.63) is 34.9 Å². The van der Waals surface area contributed by atoms with Gasteiger partial charge in [-0.25, -0.2) is 0 Å². The molecule has 2 fully saturated rings. The van der Waals surface area contributed by atoms with Crippen molar-refractivity contribution in [2.45, 2.75) is 58.3 Å². The molecule has 1 unspecified atom stereocenters. The Balaban J connectivity index is 1.40. The molecule has 1 aromatic rings. The summed E-state index contributed by atoms with van der Waals surface area (Å²) in [7, 11) is 0. The van der Waals surface area contributed by atoms with E-state index in [1.165, 1.54) is 4.90 Å². The number of fused-ring (bicyclic) bond motifs is 1. The summed E-state index contributed by atoms with van der Waals surface area (Å²) in [6.45, 7) is 8.59. The Labute approximate surface area is 176 Å². The fourth-order valence-electron chi connectivity index (χ4n) is 4.33. The number of hydrogen-bond donors (Lipinski definition) is 2. The summed E-state index contributed by atoms with van der Waals surface area (Å²) in [6.07, 6.45) is 0.564. The Morgan fingerprint density at radius 3 is 2.60 bits per heavy atom. The summed E-state index contributed by atoms with van der Waals surface area (Å²) in [4.78, 5) is 52.8. The quantitative estimate of drug-likeness (QED) is 0.713. The van der Waals surface area contributed by atoms with Crippen molar-refractivity contribution in [1.82, 2.24) is 20.4 Å². The van der Waals surface area contributed by atoms with Gasteiger partial charge in [0.2, 0.25) is 17.7 Å². The van der Waals surface area contributed by atoms with Crippen LogP contribution in [0.25, 0.3) is 0 Å². The average molecular weight is 412 g/mol. The van der Waals surface area contributed by atoms with Crippen LogP contribution in [0.5, 0.6) is 0 Å². The van der Waals surface area contributed by atoms with E-state index in [9.17, 15) is 19.2 Å². The maximum absolute atomic E-state index is 12.9. The van der Waals surface area contributed by atoms with Gasteiger partial charge in [0, 0.05) is 43.7 Å². The van der Waals surface area contributed by atoms with E-state index in [0.29, 0.717) is 25.1 Å². The van der Waals surface area contributed by atoms with Crippen LogP contribution in [-0.2, 0) is 27.5 Å². The Morgan fingerprint density at radius 2 is 1.93 bits per heavy atom. The summed E-state index contributed by atoms with van der Waals surface area (Å²) in [5, 5.41) is 5.32. The Kier molecular flexibility index (Phi) is 5.13. The highest BCUT2D eigenvalue weighted by atomic mass is 16.2. The van der Waals surface area contributed by atoms with Crippen LogP contribution in [0.2, 0.25) is 0 Å². The normalized spacial score (nSPS) is 22.6. The predicted molar refractivity (Wildman–Crippen MR) is 109 cm³/mol. The van der Waals surface area contributed by atoms with Crippen molar-refractivity contribution >= 4 is 23.6 Å². The van der Waals surface area contributed by atoms with Gasteiger partial charge < -0.3 is 10.2 Å². The highest BCUT2D eigenvalue weighted by Crippen LogP contribution is 2.30. The first-order chi connectivity index (χ1) is 14.1. The number of amides is 4. The van der Waals surface area contributed by atoms with Crippen LogP contribution in [0.4, 0.5) is 0 Å². The molecule has 4 amide bonds. The smallest absolute Gasteiger partial charge is 0.255 e. The number of rotatable bonds is 4. The van der Waals surface area contributed by atoms with Crippen LogP contribution in [0.3, 0.4) is 0 Å². The van der Waals surface area contributed by atoms with E-state index in [2.05, 4.69) is 36.3 Å². The van der Waals surface area contributed by atoms with Gasteiger partial charge in [-0.2, -0.15) is 0 Å². The summed E-state index contributed by atoms with van der Waals surface area (Å²) < 4.78 is 0. The molecule has 4 rings (SSSR count). The van der Waals surface area contributed by atoms with E-state index >= 15 is 0 Å². The van der Waals surface area contributed by atoms with Gasteiger partial charge in [-0.1, -0.05) is 12.1 Å². The molecule has 2 N–H and O–H groups in total. The second kappa shape index (κ2) is 7.50. The maximum Gasteiger partial charge on any atom is 0.255 e. The molecule has 8 heteroatoms. The number of piperidine rings is 1. The van der Waals surface area contributed by atoms with Gasteiger partial charge in [0.15, 0.2) is 0 Å². The summed E-state index contributed by atoms with van der Waals surface area (Å²) in [5.41, 5.74) is 2.36. The maximum atomic E-state index is 12.9. The van der Waals surface area contributed by atoms with Crippen LogP contribution in [0.15, 0.2) is 18.2 Å². The lowest BCUT2D eigenvalue weighted by atomic mass is 9.92. The minimum absolute atomic E-state index is 0.0115. The van der Waals surface area contributed by atoms with Crippen LogP contribution >= 0.6 is 0 Å². The van der Waals surface area contributed by atoms with Crippen LogP contribution in [0.1, 0.15) is 55.1 Å². The summed E-state index contributed by atoms with van der Waals surface area (Å²) >= 11 is 0. The molecule has 0 saturated carbocycles. The molecule has 0 radical (unpaired) electrons. The lowest BCUT2D eigenvalue weighted by Crippen LogP contribution is -2.59. The minimum Gasteiger partial charge on any atom is -0.352 e. The number of nitrogens with one attached hydrogen (secondary N) is 2. The van der Waals surface area contributed by atoms with Gasteiger partial charge in [-0.05, 0) is 44.4 Å². The van der Waals surface area contributed by atoms with Crippen molar-refractivity contribution in [3.8, 4) is 0 Å². The lowest BCUT2D eigenvalue weighted by Gasteiger charge is -2.46. The molecule has 3 heterocycles. The van der Waals surface area contributed by atoms with Crippen molar-refractivity contribution in [1.29, 1.82) is 0 Å². The third-order valence-corrected chi connectivity index (χ3v) is 6.33. The van der Waals surface area contributed by atoms with E-state index in [1.54, 1.807) is 12.1 Å². The zero-order valence-corrected chi connectivity index (χ0v) is 17.7. The van der Waals surface area contributed by atoms with Crippen LogP contribution in [0, 0.1) is 5.92 Å². The lowest BCUT2D eigenvalue weighted by molar-refractivity contribution is -0.137. The highest BCUT2D eigenvalue weighted by Gasteiger charge is 2.40. The largest absolute Gasteiger partial charge is 0.352 e. The van der Waals surface area contributed by atoms with Crippen LogP contribution in [-0.4, -0.2) is 58.1 Å². The number of nitrogens with zero attached hydrogens (tertiary/aromatic N) is 2. The van der Waals surface area contributed by atoms with Crippen molar-refractivity contribution in [2.75, 3.05) is 13.1 Å². The Morgan fingerprint density at radius 1 is 1.20 bits per heavy atom. The van der Waals surface area contributed by atoms with E-state index in [1.807, 2.05) is 6.07 Å². The number of imide groups is 1. The zero-order valence-electron chi connectivity index (χ0n) is 17.7. The SMILES string of the molecule is CC(C)(C)N1CC(C(=O)NCc2cccc3c2CN(C2CCC(=O)NC2=O)C3=O)C1. The van der Waals surface area contributed by atoms with Gasteiger partial charge in [0.1, 0.15) is 6.04 Å². The van der Waals surface area contributed by atoms with Gasteiger partial charge >= 0.3 is 0 Å². The first-order valence-corrected chi connectivity index (χ1v) is 10.4. The van der Waals surface area contributed by atoms with Gasteiger partial charge in [0.05, 0.1) is 5.92 Å². The fourth-order valence-corrected chi connectivity index (χ4v) is 4.33. The van der Waals surface area contributed by atoms with Gasteiger partial charge in [0.25, 0.3) is 5.91 Å². The van der Waals surface area contributed by atoms with E-state index in [4.69, 9.17) is 0 Å². The monoisotopic (exact) mass is 412 g/mol. The third-order valence-electron chi connectivity index (χ3n) is 6.33. The topological polar surface area (TPSA) is 98.8 Å². The molecule has 0 aromatic heterocycles. The molecule has 160 valence electrons. The number of carbonyl (C=O) groups excluding carboxylic acids is 4. The molecule has 3 aliphatic heterocycles. The Hall–Kier alpha value is -2.74. The van der Waals surface area contributed by atoms with Crippen molar-refractivity contribution < 1.29 is 19.2 Å². The van der Waals surface area contributed by atoms with E-state index < -0.39 is 11.9 Å². The number of carbonyl (C=O) groups is 4. The molecule has 2 saturated heterocycles. The molecule has 0 aliphatic carbocycles. The van der Waals surface area contributed by atoms with Crippen molar-refractivity contribution in [2.24, 2.45) is 5.92 Å². The van der Waals surface area contributed by atoms with Crippen molar-refractivity contribution in [3.63, 3.8) is 0 Å². The molecule has 1 atom stereocenters. The first kappa shape index (κ1) is 20.5. The van der Waals surface area contributed by atoms with Crippen LogP contribution < -0.4 is 10.6 Å². The molecule has 30 heavy (non-hydrogen) atoms. The second-order valence-electron chi connectivity index (χ2n) is 9.33. The molecule has 8 nitrogen and oxygen atoms in total. The number of benzene rings is 1. The minimum atomic E-state index is -0.636. The summed E-state index contributed by atoms with van der Waals surface area (Å²) in [6, 6.07) is 4.82. The first-order valence-electron chi connectivity index (χ1n) is 10.4. The molecule has 3 aliphatic rings. The van der Waals surface area contributed by atoms with E-state index in [-0.39, 0.29) is 35.6 Å². The predicted octanol–water partition coefficient (Wildman–Crippen LogP) is 0.794. The van der Waals surface area contributed by atoms with Gasteiger partial charge in [-0.3, -0.25) is 29.4 Å². The molecule has 0 bridgehead atoms. The molecule has 1 aromatic carbocycles. The molecule has 0 spiro atoms. The second-order valence-corrected chi connectivity index (χ2v) is 9.33. The molecular formula is C22H28N4O4. The third kappa shape index (κ3) is 3.71. The number of likely N-dealkylation sites (tertiary alicyclic amines) is 1. The molecular weight excluding hydrogens is 384 g/mol. The van der Waals surface area contributed by atoms with Gasteiger partial charge in [-0.15, -0.1) is 0 Å². The summed E-state index contributed by atoms with van der Waals surface area (Å²) in [5.74, 6) is -0.907. The highest BCUT2D eigenvalue weighted by molar-refractivity contribution is 6.05. The standard InChI is InChI=1S/C22H28N4O4/c1-22(2,3)25-10-14(11-25)19(28)23-9-13-5-4-6-15-16(13)12-26(21(15)30)17-7-8-18(27)24-20(17)29/h4-6,14,17H,7-12H2,1-3H3,(H,23,28)(H,24,27,29). The zero-order chi connectivity index (χ0) is 21.6. The number of hydrogen-bond acceptors (Lipinski definition) is 5. The Bertz CT molecular complexity index is 914.